The Balaban J connectivity index is 1.86. The molecule has 1 aromatic carbocycles. The van der Waals surface area contributed by atoms with Gasteiger partial charge >= 0.3 is 0 Å². The minimum absolute atomic E-state index is 0.178. The number of pyridine rings is 1. The van der Waals surface area contributed by atoms with Crippen molar-refractivity contribution in [1.82, 2.24) is 10.3 Å². The molecule has 0 atom stereocenters. The number of halogens is 1. The highest BCUT2D eigenvalue weighted by Gasteiger charge is 2.23. The molecular weight excluding hydrogens is 306 g/mol. The summed E-state index contributed by atoms with van der Waals surface area (Å²) >= 11 is 7.37. The molecule has 1 aliphatic heterocycles. The number of hydrogen-bond donors (Lipinski definition) is 1. The molecule has 21 heavy (non-hydrogen) atoms. The maximum Gasteiger partial charge on any atom is 0.264 e. The van der Waals surface area contributed by atoms with E-state index in [1.807, 2.05) is 24.3 Å². The summed E-state index contributed by atoms with van der Waals surface area (Å²) in [6.07, 6.45) is 5.07. The molecular formula is C15H10ClN3OS. The number of amides is 1. The quantitative estimate of drug-likeness (QED) is 0.861. The monoisotopic (exact) mass is 315 g/mol. The van der Waals surface area contributed by atoms with Crippen LogP contribution in [0.15, 0.2) is 58.7 Å². The number of hydrogen-bond acceptors (Lipinski definition) is 4. The number of nitrogens with one attached hydrogen (secondary N) is 1. The van der Waals surface area contributed by atoms with Crippen molar-refractivity contribution in [3.05, 3.63) is 64.3 Å². The highest BCUT2D eigenvalue weighted by molar-refractivity contribution is 8.18. The Bertz CT molecular complexity index is 744. The molecule has 1 aliphatic rings. The van der Waals surface area contributed by atoms with Crippen LogP contribution in [0.25, 0.3) is 6.08 Å². The minimum atomic E-state index is -0.178. The molecule has 3 rings (SSSR count). The predicted octanol–water partition coefficient (Wildman–Crippen LogP) is 3.63. The first-order chi connectivity index (χ1) is 10.2. The van der Waals surface area contributed by atoms with E-state index in [0.717, 1.165) is 5.56 Å². The molecule has 6 heteroatoms. The van der Waals surface area contributed by atoms with Gasteiger partial charge in [0.05, 0.1) is 16.8 Å². The summed E-state index contributed by atoms with van der Waals surface area (Å²) in [6, 6.07) is 11.0. The van der Waals surface area contributed by atoms with Gasteiger partial charge < -0.3 is 5.32 Å². The second kappa shape index (κ2) is 6.11. The molecule has 0 saturated carbocycles. The van der Waals surface area contributed by atoms with Gasteiger partial charge in [-0.3, -0.25) is 9.78 Å². The lowest BCUT2D eigenvalue weighted by atomic mass is 10.2. The summed E-state index contributed by atoms with van der Waals surface area (Å²) in [4.78, 5) is 20.8. The highest BCUT2D eigenvalue weighted by atomic mass is 35.5. The first-order valence-electron chi connectivity index (χ1n) is 6.16. The van der Waals surface area contributed by atoms with Crippen molar-refractivity contribution in [3.8, 4) is 0 Å². The van der Waals surface area contributed by atoms with Crippen molar-refractivity contribution in [2.75, 3.05) is 0 Å². The number of thioether (sulfide) groups is 1. The third-order valence-electron chi connectivity index (χ3n) is 2.72. The standard InChI is InChI=1S/C15H10ClN3OS/c16-12-6-2-1-4-10(12)8-13-14(20)19-15(21-13)18-11-5-3-7-17-9-11/h1-9H,(H,18,19,20)/b13-8+. The third-order valence-corrected chi connectivity index (χ3v) is 3.97. The number of aliphatic imine (C=N–C) groups is 1. The van der Waals surface area contributed by atoms with Crippen molar-refractivity contribution in [1.29, 1.82) is 0 Å². The van der Waals surface area contributed by atoms with Crippen LogP contribution in [0.5, 0.6) is 0 Å². The van der Waals surface area contributed by atoms with Gasteiger partial charge in [-0.2, -0.15) is 0 Å². The maximum absolute atomic E-state index is 12.0. The Kier molecular flexibility index (Phi) is 4.03. The summed E-state index contributed by atoms with van der Waals surface area (Å²) in [7, 11) is 0. The van der Waals surface area contributed by atoms with E-state index < -0.39 is 0 Å². The molecule has 0 spiro atoms. The van der Waals surface area contributed by atoms with Gasteiger partial charge in [-0.1, -0.05) is 29.8 Å². The molecule has 1 saturated heterocycles. The average molecular weight is 316 g/mol. The van der Waals surface area contributed by atoms with E-state index in [0.29, 0.717) is 20.8 Å². The lowest BCUT2D eigenvalue weighted by Gasteiger charge is -1.97. The van der Waals surface area contributed by atoms with Gasteiger partial charge in [0.25, 0.3) is 5.91 Å². The van der Waals surface area contributed by atoms with Crippen LogP contribution < -0.4 is 5.32 Å². The number of aromatic nitrogens is 1. The lowest BCUT2D eigenvalue weighted by Crippen LogP contribution is -2.19. The van der Waals surface area contributed by atoms with Crippen LogP contribution >= 0.6 is 23.4 Å². The Hall–Kier alpha value is -2.11. The zero-order valence-corrected chi connectivity index (χ0v) is 12.4. The van der Waals surface area contributed by atoms with E-state index in [1.54, 1.807) is 30.6 Å². The molecule has 104 valence electrons. The molecule has 1 N–H and O–H groups in total. The fourth-order valence-electron chi connectivity index (χ4n) is 1.75. The third kappa shape index (κ3) is 3.32. The van der Waals surface area contributed by atoms with Crippen LogP contribution in [-0.4, -0.2) is 16.1 Å². The summed E-state index contributed by atoms with van der Waals surface area (Å²) in [5.41, 5.74) is 1.50. The first-order valence-corrected chi connectivity index (χ1v) is 7.36. The van der Waals surface area contributed by atoms with Gasteiger partial charge in [-0.15, -0.1) is 0 Å². The van der Waals surface area contributed by atoms with Crippen LogP contribution in [0.3, 0.4) is 0 Å². The number of carbonyl (C=O) groups excluding carboxylic acids is 1. The van der Waals surface area contributed by atoms with Gasteiger partial charge in [-0.25, -0.2) is 4.99 Å². The van der Waals surface area contributed by atoms with Crippen LogP contribution in [0, 0.1) is 0 Å². The number of amidine groups is 1. The van der Waals surface area contributed by atoms with E-state index in [2.05, 4.69) is 15.3 Å². The zero-order valence-electron chi connectivity index (χ0n) is 10.8. The summed E-state index contributed by atoms with van der Waals surface area (Å²) in [5.74, 6) is -0.178. The van der Waals surface area contributed by atoms with Crippen molar-refractivity contribution in [2.45, 2.75) is 0 Å². The molecule has 1 aromatic heterocycles. The van der Waals surface area contributed by atoms with E-state index in [4.69, 9.17) is 11.6 Å². The van der Waals surface area contributed by atoms with Crippen molar-refractivity contribution >= 4 is 46.2 Å². The van der Waals surface area contributed by atoms with E-state index >= 15 is 0 Å². The Morgan fingerprint density at radius 1 is 1.24 bits per heavy atom. The Morgan fingerprint density at radius 2 is 2.10 bits per heavy atom. The smallest absolute Gasteiger partial charge is 0.264 e. The molecule has 2 heterocycles. The van der Waals surface area contributed by atoms with Crippen LogP contribution in [0.1, 0.15) is 5.56 Å². The predicted molar refractivity (Wildman–Crippen MR) is 86.5 cm³/mol. The minimum Gasteiger partial charge on any atom is -0.300 e. The molecule has 1 amide bonds. The van der Waals surface area contributed by atoms with Gasteiger partial charge in [0.1, 0.15) is 0 Å². The van der Waals surface area contributed by atoms with E-state index in [1.165, 1.54) is 11.8 Å². The van der Waals surface area contributed by atoms with Gasteiger partial charge in [0.15, 0.2) is 5.17 Å². The van der Waals surface area contributed by atoms with E-state index in [-0.39, 0.29) is 5.91 Å². The number of benzene rings is 1. The van der Waals surface area contributed by atoms with Crippen molar-refractivity contribution in [3.63, 3.8) is 0 Å². The Labute approximate surface area is 131 Å². The fourth-order valence-corrected chi connectivity index (χ4v) is 2.77. The Morgan fingerprint density at radius 3 is 2.86 bits per heavy atom. The largest absolute Gasteiger partial charge is 0.300 e. The molecule has 2 aromatic rings. The topological polar surface area (TPSA) is 54.4 Å². The molecule has 0 radical (unpaired) electrons. The van der Waals surface area contributed by atoms with Crippen LogP contribution in [-0.2, 0) is 4.79 Å². The molecule has 0 unspecified atom stereocenters. The number of carbonyl (C=O) groups is 1. The maximum atomic E-state index is 12.0. The molecule has 4 nitrogen and oxygen atoms in total. The second-order valence-electron chi connectivity index (χ2n) is 4.21. The van der Waals surface area contributed by atoms with Gasteiger partial charge in [0, 0.05) is 11.2 Å². The van der Waals surface area contributed by atoms with Gasteiger partial charge in [0.2, 0.25) is 0 Å². The van der Waals surface area contributed by atoms with Gasteiger partial charge in [-0.05, 0) is 41.6 Å². The molecule has 1 fully saturated rings. The number of nitrogens with zero attached hydrogens (tertiary/aromatic N) is 2. The van der Waals surface area contributed by atoms with Crippen molar-refractivity contribution in [2.24, 2.45) is 4.99 Å². The highest BCUT2D eigenvalue weighted by Crippen LogP contribution is 2.29. The average Bonchev–Trinajstić information content (AvgIpc) is 2.82. The van der Waals surface area contributed by atoms with Crippen molar-refractivity contribution < 1.29 is 4.79 Å². The number of rotatable bonds is 2. The summed E-state index contributed by atoms with van der Waals surface area (Å²) in [6.45, 7) is 0. The fraction of sp³-hybridized carbons (Fsp3) is 0. The summed E-state index contributed by atoms with van der Waals surface area (Å²) < 4.78 is 0. The second-order valence-corrected chi connectivity index (χ2v) is 5.65. The molecule has 0 bridgehead atoms. The first kappa shape index (κ1) is 13.9. The normalized spacial score (nSPS) is 18.2. The molecule has 0 aliphatic carbocycles. The van der Waals surface area contributed by atoms with E-state index in [9.17, 15) is 4.79 Å². The SMILES string of the molecule is O=C1NC(=Nc2cccnc2)S/C1=C/c1ccccc1Cl. The zero-order chi connectivity index (χ0) is 14.7. The summed E-state index contributed by atoms with van der Waals surface area (Å²) in [5, 5.41) is 3.87. The van der Waals surface area contributed by atoms with Crippen LogP contribution in [0.4, 0.5) is 5.69 Å². The lowest BCUT2D eigenvalue weighted by molar-refractivity contribution is -0.115. The van der Waals surface area contributed by atoms with Crippen LogP contribution in [0.2, 0.25) is 5.02 Å².